The van der Waals surface area contributed by atoms with Gasteiger partial charge < -0.3 is 19.9 Å². The molecule has 1 aromatic heterocycles. The summed E-state index contributed by atoms with van der Waals surface area (Å²) >= 11 is 0. The summed E-state index contributed by atoms with van der Waals surface area (Å²) in [5.74, 6) is -0.903. The molecule has 2 heterocycles. The highest BCUT2D eigenvalue weighted by Gasteiger charge is 2.34. The van der Waals surface area contributed by atoms with Gasteiger partial charge in [-0.2, -0.15) is 0 Å². The summed E-state index contributed by atoms with van der Waals surface area (Å²) in [6, 6.07) is 17.2. The average Bonchev–Trinajstić information content (AvgIpc) is 3.66. The first kappa shape index (κ1) is 28.7. The maximum atomic E-state index is 14.2. The normalized spacial score (nSPS) is 15.3. The first-order chi connectivity index (χ1) is 20.4. The third-order valence-electron chi connectivity index (χ3n) is 7.16. The highest BCUT2D eigenvalue weighted by atomic mass is 16.5. The number of aromatic hydroxyl groups is 1. The second-order valence-corrected chi connectivity index (χ2v) is 10.0. The molecule has 2 amide bonds. The fourth-order valence-corrected chi connectivity index (χ4v) is 5.04. The van der Waals surface area contributed by atoms with Gasteiger partial charge >= 0.3 is 0 Å². The minimum absolute atomic E-state index is 0.0862. The zero-order chi connectivity index (χ0) is 29.6. The summed E-state index contributed by atoms with van der Waals surface area (Å²) in [7, 11) is 0. The molecular formula is C31H33N5O6. The van der Waals surface area contributed by atoms with Crippen LogP contribution in [0.4, 0.5) is 5.69 Å². The third kappa shape index (κ3) is 6.26. The molecule has 1 aliphatic heterocycles. The largest absolute Gasteiger partial charge is 0.504 e. The molecule has 2 atom stereocenters. The van der Waals surface area contributed by atoms with E-state index in [1.807, 2.05) is 18.2 Å². The zero-order valence-electron chi connectivity index (χ0n) is 23.5. The minimum Gasteiger partial charge on any atom is -0.504 e. The van der Waals surface area contributed by atoms with Crippen LogP contribution in [-0.2, 0) is 20.9 Å². The molecule has 0 aliphatic carbocycles. The van der Waals surface area contributed by atoms with Crippen molar-refractivity contribution in [1.29, 1.82) is 0 Å². The number of phenolic OH excluding ortho intramolecular Hbond substituents is 1. The molecule has 0 saturated carbocycles. The second-order valence-electron chi connectivity index (χ2n) is 10.0. The van der Waals surface area contributed by atoms with Gasteiger partial charge in [-0.25, -0.2) is 4.68 Å². The molecule has 1 saturated heterocycles. The lowest BCUT2D eigenvalue weighted by atomic mass is 10.0. The summed E-state index contributed by atoms with van der Waals surface area (Å²) in [5.41, 5.74) is 2.59. The Labute approximate surface area is 243 Å². The van der Waals surface area contributed by atoms with Crippen molar-refractivity contribution in [2.24, 2.45) is 0 Å². The van der Waals surface area contributed by atoms with Crippen LogP contribution in [-0.4, -0.2) is 63.6 Å². The molecule has 2 N–H and O–H groups in total. The van der Waals surface area contributed by atoms with Crippen LogP contribution in [0.15, 0.2) is 66.7 Å². The van der Waals surface area contributed by atoms with E-state index in [-0.39, 0.29) is 36.5 Å². The van der Waals surface area contributed by atoms with E-state index in [2.05, 4.69) is 15.6 Å². The van der Waals surface area contributed by atoms with Crippen LogP contribution in [0.2, 0.25) is 0 Å². The first-order valence-corrected chi connectivity index (χ1v) is 13.9. The molecule has 0 spiro atoms. The van der Waals surface area contributed by atoms with Crippen molar-refractivity contribution in [3.8, 4) is 11.5 Å². The number of nitrogens with zero attached hydrogens (tertiary/aromatic N) is 4. The van der Waals surface area contributed by atoms with Gasteiger partial charge in [-0.05, 0) is 80.8 Å². The van der Waals surface area contributed by atoms with E-state index in [0.29, 0.717) is 41.1 Å². The Hall–Kier alpha value is -4.77. The molecule has 1 aliphatic rings. The number of ether oxygens (including phenoxy) is 2. The van der Waals surface area contributed by atoms with E-state index in [1.54, 1.807) is 49.4 Å². The summed E-state index contributed by atoms with van der Waals surface area (Å²) in [4.78, 5) is 41.6. The Kier molecular flexibility index (Phi) is 8.77. The summed E-state index contributed by atoms with van der Waals surface area (Å²) in [6.45, 7) is 4.25. The number of aromatic nitrogens is 3. The van der Waals surface area contributed by atoms with Crippen molar-refractivity contribution in [3.63, 3.8) is 0 Å². The number of anilines is 1. The number of hydrogen-bond donors (Lipinski definition) is 2. The van der Waals surface area contributed by atoms with Gasteiger partial charge in [-0.3, -0.25) is 19.3 Å². The smallest absolute Gasteiger partial charge is 0.249 e. The van der Waals surface area contributed by atoms with Gasteiger partial charge in [0.05, 0.1) is 18.2 Å². The van der Waals surface area contributed by atoms with Crippen molar-refractivity contribution < 1.29 is 29.0 Å². The van der Waals surface area contributed by atoms with Crippen molar-refractivity contribution in [1.82, 2.24) is 20.3 Å². The highest BCUT2D eigenvalue weighted by molar-refractivity contribution is 6.02. The van der Waals surface area contributed by atoms with E-state index < -0.39 is 17.9 Å². The highest BCUT2D eigenvalue weighted by Crippen LogP contribution is 2.34. The SMILES string of the molecule is CCOc1cc([C@@H](C(=O)NC[C@H]2CCCO2)N(C(=O)Cn2nnc3ccccc32)c2ccc(C(C)=O)cc2)ccc1O. The quantitative estimate of drug-likeness (QED) is 0.260. The summed E-state index contributed by atoms with van der Waals surface area (Å²) in [5, 5.41) is 21.7. The van der Waals surface area contributed by atoms with Crippen LogP contribution in [0.3, 0.4) is 0 Å². The number of rotatable bonds is 11. The predicted octanol–water partition coefficient (Wildman–Crippen LogP) is 3.81. The number of phenols is 1. The molecule has 218 valence electrons. The lowest BCUT2D eigenvalue weighted by Crippen LogP contribution is -2.46. The number of Topliss-reactive ketones (excluding diaryl/α,β-unsaturated/α-hetero) is 1. The number of para-hydroxylation sites is 1. The van der Waals surface area contributed by atoms with Crippen LogP contribution in [0.25, 0.3) is 11.0 Å². The number of benzene rings is 3. The second kappa shape index (κ2) is 12.8. The Morgan fingerprint density at radius 1 is 1.14 bits per heavy atom. The maximum Gasteiger partial charge on any atom is 0.249 e. The summed E-state index contributed by atoms with van der Waals surface area (Å²) in [6.07, 6.45) is 1.63. The molecule has 11 heteroatoms. The monoisotopic (exact) mass is 571 g/mol. The van der Waals surface area contributed by atoms with Crippen molar-refractivity contribution >= 4 is 34.3 Å². The lowest BCUT2D eigenvalue weighted by Gasteiger charge is -2.32. The Balaban J connectivity index is 1.58. The van der Waals surface area contributed by atoms with E-state index in [0.717, 1.165) is 12.8 Å². The number of amides is 2. The maximum absolute atomic E-state index is 14.2. The number of fused-ring (bicyclic) bond motifs is 1. The zero-order valence-corrected chi connectivity index (χ0v) is 23.5. The number of carbonyl (C=O) groups is 3. The Morgan fingerprint density at radius 3 is 2.64 bits per heavy atom. The van der Waals surface area contributed by atoms with Gasteiger partial charge in [0.15, 0.2) is 17.3 Å². The number of carbonyl (C=O) groups excluding carboxylic acids is 3. The molecule has 1 fully saturated rings. The van der Waals surface area contributed by atoms with Crippen molar-refractivity contribution in [2.75, 3.05) is 24.7 Å². The number of nitrogens with one attached hydrogen (secondary N) is 1. The molecule has 4 aromatic rings. The van der Waals surface area contributed by atoms with Crippen LogP contribution in [0, 0.1) is 0 Å². The van der Waals surface area contributed by atoms with Crippen LogP contribution in [0.5, 0.6) is 11.5 Å². The minimum atomic E-state index is -1.16. The molecule has 5 rings (SSSR count). The molecule has 0 radical (unpaired) electrons. The molecular weight excluding hydrogens is 538 g/mol. The first-order valence-electron chi connectivity index (χ1n) is 13.9. The van der Waals surface area contributed by atoms with Gasteiger partial charge in [-0.1, -0.05) is 23.4 Å². The molecule has 0 bridgehead atoms. The average molecular weight is 572 g/mol. The van der Waals surface area contributed by atoms with E-state index in [9.17, 15) is 19.5 Å². The standard InChI is InChI=1S/C31H33N5O6/c1-3-41-28-17-22(12-15-27(28)38)30(31(40)32-18-24-7-6-16-42-24)36(23-13-10-21(11-14-23)20(2)37)29(39)19-35-26-9-5-4-8-25(26)33-34-35/h4-5,8-15,17,24,30,38H,3,6-7,16,18-19H2,1-2H3,(H,32,40)/t24-,30+/m1/s1. The third-order valence-corrected chi connectivity index (χ3v) is 7.16. The number of ketones is 1. The molecule has 0 unspecified atom stereocenters. The van der Waals surface area contributed by atoms with Gasteiger partial charge in [0.1, 0.15) is 18.1 Å². The topological polar surface area (TPSA) is 136 Å². The van der Waals surface area contributed by atoms with Crippen molar-refractivity contribution in [2.45, 2.75) is 45.4 Å². The fourth-order valence-electron chi connectivity index (χ4n) is 5.04. The fraction of sp³-hybridized carbons (Fsp3) is 0.323. The van der Waals surface area contributed by atoms with Crippen LogP contribution in [0.1, 0.15) is 48.7 Å². The predicted molar refractivity (Wildman–Crippen MR) is 155 cm³/mol. The lowest BCUT2D eigenvalue weighted by molar-refractivity contribution is -0.127. The van der Waals surface area contributed by atoms with Crippen LogP contribution >= 0.6 is 0 Å². The van der Waals surface area contributed by atoms with E-state index in [1.165, 1.54) is 22.6 Å². The van der Waals surface area contributed by atoms with Crippen molar-refractivity contribution in [3.05, 3.63) is 77.9 Å². The van der Waals surface area contributed by atoms with Gasteiger partial charge in [0.25, 0.3) is 0 Å². The Bertz CT molecular complexity index is 1580. The summed E-state index contributed by atoms with van der Waals surface area (Å²) < 4.78 is 12.8. The van der Waals surface area contributed by atoms with Gasteiger partial charge in [0, 0.05) is 24.4 Å². The number of hydrogen-bond acceptors (Lipinski definition) is 8. The van der Waals surface area contributed by atoms with Gasteiger partial charge in [0.2, 0.25) is 11.8 Å². The Morgan fingerprint density at radius 2 is 1.93 bits per heavy atom. The van der Waals surface area contributed by atoms with E-state index >= 15 is 0 Å². The molecule has 42 heavy (non-hydrogen) atoms. The molecule has 3 aromatic carbocycles. The van der Waals surface area contributed by atoms with Crippen LogP contribution < -0.4 is 15.0 Å². The van der Waals surface area contributed by atoms with E-state index in [4.69, 9.17) is 9.47 Å². The molecule has 11 nitrogen and oxygen atoms in total. The van der Waals surface area contributed by atoms with Gasteiger partial charge in [-0.15, -0.1) is 5.10 Å².